The van der Waals surface area contributed by atoms with Crippen LogP contribution in [0, 0.1) is 17.8 Å². The van der Waals surface area contributed by atoms with E-state index in [1.165, 1.54) is 0 Å². The van der Waals surface area contributed by atoms with Crippen LogP contribution in [0.2, 0.25) is 0 Å². The van der Waals surface area contributed by atoms with Crippen molar-refractivity contribution >= 4 is 12.3 Å². The molecule has 1 saturated carbocycles. The first-order valence-electron chi connectivity index (χ1n) is 4.37. The number of aldehydes is 1. The Morgan fingerprint density at radius 2 is 2.33 bits per heavy atom. The van der Waals surface area contributed by atoms with Crippen molar-refractivity contribution in [3.8, 4) is 0 Å². The predicted octanol–water partition coefficient (Wildman–Crippen LogP) is 0.773. The van der Waals surface area contributed by atoms with E-state index < -0.39 is 0 Å². The van der Waals surface area contributed by atoms with E-state index in [9.17, 15) is 9.59 Å². The zero-order chi connectivity index (χ0) is 8.72. The first kappa shape index (κ1) is 7.77. The smallest absolute Gasteiger partial charge is 0.306 e. The number of fused-ring (bicyclic) bond motifs is 1. The van der Waals surface area contributed by atoms with Crippen molar-refractivity contribution in [3.63, 3.8) is 0 Å². The van der Waals surface area contributed by atoms with Gasteiger partial charge >= 0.3 is 5.97 Å². The van der Waals surface area contributed by atoms with Gasteiger partial charge in [0.1, 0.15) is 12.4 Å². The molecule has 3 nitrogen and oxygen atoms in total. The molecule has 1 aliphatic heterocycles. The minimum atomic E-state index is -0.135. The fraction of sp³-hybridized carbons (Fsp3) is 0.778. The maximum absolute atomic E-state index is 10.9. The van der Waals surface area contributed by atoms with Gasteiger partial charge in [-0.3, -0.25) is 4.79 Å². The summed E-state index contributed by atoms with van der Waals surface area (Å²) in [6.45, 7) is 2.05. The number of rotatable bonds is 1. The van der Waals surface area contributed by atoms with Crippen molar-refractivity contribution in [2.45, 2.75) is 25.9 Å². The third kappa shape index (κ3) is 0.958. The van der Waals surface area contributed by atoms with Gasteiger partial charge in [0.25, 0.3) is 0 Å². The lowest BCUT2D eigenvalue weighted by Gasteiger charge is -2.10. The van der Waals surface area contributed by atoms with E-state index in [2.05, 4.69) is 0 Å². The van der Waals surface area contributed by atoms with Crippen molar-refractivity contribution in [1.29, 1.82) is 0 Å². The molecule has 3 heteroatoms. The lowest BCUT2D eigenvalue weighted by atomic mass is 9.90. The van der Waals surface area contributed by atoms with E-state index in [4.69, 9.17) is 4.74 Å². The number of carbonyl (C=O) groups is 2. The molecule has 0 aromatic heterocycles. The second kappa shape index (κ2) is 2.57. The minimum Gasteiger partial charge on any atom is -0.462 e. The molecule has 0 radical (unpaired) electrons. The Morgan fingerprint density at radius 1 is 1.58 bits per heavy atom. The number of hydrogen-bond donors (Lipinski definition) is 0. The molecule has 1 heterocycles. The summed E-state index contributed by atoms with van der Waals surface area (Å²) >= 11 is 0. The molecule has 66 valence electrons. The maximum Gasteiger partial charge on any atom is 0.306 e. The van der Waals surface area contributed by atoms with Crippen molar-refractivity contribution in [1.82, 2.24) is 0 Å². The lowest BCUT2D eigenvalue weighted by Crippen LogP contribution is -2.16. The van der Waals surface area contributed by atoms with Gasteiger partial charge < -0.3 is 9.53 Å². The molecule has 0 bridgehead atoms. The summed E-state index contributed by atoms with van der Waals surface area (Å²) in [5, 5.41) is 0. The zero-order valence-corrected chi connectivity index (χ0v) is 7.03. The summed E-state index contributed by atoms with van der Waals surface area (Å²) in [6.07, 6.45) is 2.32. The summed E-state index contributed by atoms with van der Waals surface area (Å²) in [5.41, 5.74) is 0. The standard InChI is InChI=1S/C9H12O3/c1-5-2-8-6(7(5)4-10)3-9(11)12-8/h4-8H,2-3H2,1H3/t5-,6?,7+,8?/m1/s1. The molecule has 0 N–H and O–H groups in total. The van der Waals surface area contributed by atoms with E-state index in [0.717, 1.165) is 12.7 Å². The van der Waals surface area contributed by atoms with Gasteiger partial charge in [-0.2, -0.15) is 0 Å². The Morgan fingerprint density at radius 3 is 3.00 bits per heavy atom. The van der Waals surface area contributed by atoms with Crippen molar-refractivity contribution in [3.05, 3.63) is 0 Å². The van der Waals surface area contributed by atoms with Crippen molar-refractivity contribution in [2.75, 3.05) is 0 Å². The van der Waals surface area contributed by atoms with Gasteiger partial charge in [-0.25, -0.2) is 0 Å². The second-order valence-electron chi connectivity index (χ2n) is 3.82. The van der Waals surface area contributed by atoms with Crippen LogP contribution in [-0.2, 0) is 14.3 Å². The first-order valence-corrected chi connectivity index (χ1v) is 4.37. The average molecular weight is 168 g/mol. The summed E-state index contributed by atoms with van der Waals surface area (Å²) < 4.78 is 5.09. The maximum atomic E-state index is 10.9. The van der Waals surface area contributed by atoms with E-state index in [0.29, 0.717) is 12.3 Å². The fourth-order valence-corrected chi connectivity index (χ4v) is 2.42. The highest BCUT2D eigenvalue weighted by atomic mass is 16.6. The normalized spacial score (nSPS) is 45.6. The van der Waals surface area contributed by atoms with Gasteiger partial charge in [0.15, 0.2) is 0 Å². The first-order chi connectivity index (χ1) is 5.72. The summed E-state index contributed by atoms with van der Waals surface area (Å²) in [5.74, 6) is 0.459. The predicted molar refractivity (Wildman–Crippen MR) is 41.3 cm³/mol. The molecule has 1 saturated heterocycles. The number of ether oxygens (including phenoxy) is 1. The SMILES string of the molecule is C[C@@H]1CC2OC(=O)CC2[C@H]1C=O. The highest BCUT2D eigenvalue weighted by Gasteiger charge is 2.48. The summed E-state index contributed by atoms with van der Waals surface area (Å²) in [6, 6.07) is 0. The zero-order valence-electron chi connectivity index (χ0n) is 7.03. The van der Waals surface area contributed by atoms with Gasteiger partial charge in [-0.1, -0.05) is 6.92 Å². The topological polar surface area (TPSA) is 43.4 Å². The van der Waals surface area contributed by atoms with E-state index in [-0.39, 0.29) is 23.9 Å². The molecular formula is C9H12O3. The summed E-state index contributed by atoms with van der Waals surface area (Å²) in [4.78, 5) is 21.6. The monoisotopic (exact) mass is 168 g/mol. The van der Waals surface area contributed by atoms with Crippen molar-refractivity contribution in [2.24, 2.45) is 17.8 Å². The number of hydrogen-bond acceptors (Lipinski definition) is 3. The molecule has 4 atom stereocenters. The molecule has 0 amide bonds. The van der Waals surface area contributed by atoms with Gasteiger partial charge in [0, 0.05) is 11.8 Å². The van der Waals surface area contributed by atoms with E-state index in [1.54, 1.807) is 0 Å². The molecule has 0 aromatic carbocycles. The minimum absolute atomic E-state index is 0.0303. The van der Waals surface area contributed by atoms with Gasteiger partial charge in [-0.05, 0) is 12.3 Å². The third-order valence-electron chi connectivity index (χ3n) is 3.08. The quantitative estimate of drug-likeness (QED) is 0.429. The molecule has 1 aliphatic carbocycles. The van der Waals surface area contributed by atoms with Gasteiger partial charge in [0.2, 0.25) is 0 Å². The van der Waals surface area contributed by atoms with Crippen molar-refractivity contribution < 1.29 is 14.3 Å². The Bertz CT molecular complexity index is 224. The van der Waals surface area contributed by atoms with Gasteiger partial charge in [-0.15, -0.1) is 0 Å². The average Bonchev–Trinajstić information content (AvgIpc) is 2.43. The molecule has 2 fully saturated rings. The van der Waals surface area contributed by atoms with Crippen LogP contribution in [0.25, 0.3) is 0 Å². The molecule has 2 rings (SSSR count). The van der Waals surface area contributed by atoms with E-state index >= 15 is 0 Å². The van der Waals surface area contributed by atoms with Crippen LogP contribution in [0.1, 0.15) is 19.8 Å². The Kier molecular flexibility index (Phi) is 1.67. The third-order valence-corrected chi connectivity index (χ3v) is 3.08. The van der Waals surface area contributed by atoms with Crippen LogP contribution in [0.4, 0.5) is 0 Å². The van der Waals surface area contributed by atoms with Crippen LogP contribution >= 0.6 is 0 Å². The molecule has 2 aliphatic rings. The number of esters is 1. The Labute approximate surface area is 71.1 Å². The van der Waals surface area contributed by atoms with Crippen LogP contribution in [0.5, 0.6) is 0 Å². The Hall–Kier alpha value is -0.860. The molecular weight excluding hydrogens is 156 g/mol. The molecule has 0 spiro atoms. The summed E-state index contributed by atoms with van der Waals surface area (Å²) in [7, 11) is 0. The van der Waals surface area contributed by atoms with Crippen LogP contribution in [0.3, 0.4) is 0 Å². The highest BCUT2D eigenvalue weighted by Crippen LogP contribution is 2.43. The lowest BCUT2D eigenvalue weighted by molar-refractivity contribution is -0.141. The Balaban J connectivity index is 2.16. The second-order valence-corrected chi connectivity index (χ2v) is 3.82. The highest BCUT2D eigenvalue weighted by molar-refractivity contribution is 5.73. The fourth-order valence-electron chi connectivity index (χ4n) is 2.42. The number of carbonyl (C=O) groups excluding carboxylic acids is 2. The van der Waals surface area contributed by atoms with Crippen LogP contribution in [0.15, 0.2) is 0 Å². The molecule has 0 aromatic rings. The van der Waals surface area contributed by atoms with Gasteiger partial charge in [0.05, 0.1) is 6.42 Å². The largest absolute Gasteiger partial charge is 0.462 e. The molecule has 12 heavy (non-hydrogen) atoms. The van der Waals surface area contributed by atoms with Crippen LogP contribution < -0.4 is 0 Å². The van der Waals surface area contributed by atoms with Crippen LogP contribution in [-0.4, -0.2) is 18.4 Å². The molecule has 2 unspecified atom stereocenters. The van der Waals surface area contributed by atoms with E-state index in [1.807, 2.05) is 6.92 Å².